The van der Waals surface area contributed by atoms with Crippen molar-refractivity contribution in [1.29, 1.82) is 0 Å². The van der Waals surface area contributed by atoms with Crippen molar-refractivity contribution in [2.24, 2.45) is 5.92 Å². The van der Waals surface area contributed by atoms with Crippen LogP contribution in [-0.2, 0) is 16.0 Å². The summed E-state index contributed by atoms with van der Waals surface area (Å²) >= 11 is 0. The molecule has 3 rings (SSSR count). The molecule has 1 atom stereocenters. The highest BCUT2D eigenvalue weighted by atomic mass is 19.1. The topological polar surface area (TPSA) is 35.5 Å². The summed E-state index contributed by atoms with van der Waals surface area (Å²) < 4.78 is 25.2. The number of rotatable bonds is 11. The van der Waals surface area contributed by atoms with Crippen LogP contribution in [0, 0.1) is 5.92 Å². The Bertz CT molecular complexity index is 808. The first kappa shape index (κ1) is 24.3. The molecular formula is C28H37FO3. The lowest BCUT2D eigenvalue weighted by molar-refractivity contribution is -0.157. The first-order valence-electron chi connectivity index (χ1n) is 12.3. The quantitative estimate of drug-likeness (QED) is 0.344. The second-order valence-corrected chi connectivity index (χ2v) is 8.97. The summed E-state index contributed by atoms with van der Waals surface area (Å²) in [5.41, 5.74) is 3.78. The van der Waals surface area contributed by atoms with E-state index in [2.05, 4.69) is 43.3 Å². The van der Waals surface area contributed by atoms with Gasteiger partial charge in [0.15, 0.2) is 6.17 Å². The van der Waals surface area contributed by atoms with Crippen molar-refractivity contribution in [3.05, 3.63) is 54.1 Å². The van der Waals surface area contributed by atoms with E-state index in [4.69, 9.17) is 9.47 Å². The lowest BCUT2D eigenvalue weighted by atomic mass is 9.88. The monoisotopic (exact) mass is 440 g/mol. The molecule has 2 aromatic rings. The molecule has 0 aliphatic heterocycles. The molecule has 1 aliphatic carbocycles. The molecule has 0 unspecified atom stereocenters. The zero-order valence-corrected chi connectivity index (χ0v) is 19.5. The van der Waals surface area contributed by atoms with Crippen LogP contribution in [0.2, 0.25) is 0 Å². The molecule has 174 valence electrons. The van der Waals surface area contributed by atoms with E-state index in [0.717, 1.165) is 50.7 Å². The zero-order valence-electron chi connectivity index (χ0n) is 19.5. The molecule has 0 bridgehead atoms. The normalized spacial score (nSPS) is 19.3. The van der Waals surface area contributed by atoms with Crippen LogP contribution >= 0.6 is 0 Å². The molecule has 3 nitrogen and oxygen atoms in total. The maximum absolute atomic E-state index is 13.8. The number of carbonyl (C=O) groups is 1. The molecule has 4 heteroatoms. The number of halogens is 1. The molecule has 0 amide bonds. The molecule has 0 spiro atoms. The van der Waals surface area contributed by atoms with Gasteiger partial charge in [-0.2, -0.15) is 0 Å². The number of hydrogen-bond donors (Lipinski definition) is 0. The number of carbonyl (C=O) groups excluding carboxylic acids is 1. The molecule has 2 aromatic carbocycles. The minimum Gasteiger partial charge on any atom is -0.493 e. The van der Waals surface area contributed by atoms with Gasteiger partial charge >= 0.3 is 5.97 Å². The third kappa shape index (κ3) is 7.36. The number of benzene rings is 2. The highest BCUT2D eigenvalue weighted by Crippen LogP contribution is 2.29. The van der Waals surface area contributed by atoms with Gasteiger partial charge in [0.2, 0.25) is 0 Å². The maximum atomic E-state index is 13.8. The van der Waals surface area contributed by atoms with Crippen molar-refractivity contribution in [3.8, 4) is 16.9 Å². The van der Waals surface area contributed by atoms with E-state index in [9.17, 15) is 9.18 Å². The Labute approximate surface area is 192 Å². The summed E-state index contributed by atoms with van der Waals surface area (Å²) in [5.74, 6) is 0.636. The van der Waals surface area contributed by atoms with Gasteiger partial charge in [0.1, 0.15) is 11.9 Å². The number of esters is 1. The molecular weight excluding hydrogens is 403 g/mol. The molecule has 0 saturated heterocycles. The van der Waals surface area contributed by atoms with E-state index in [0.29, 0.717) is 18.9 Å². The van der Waals surface area contributed by atoms with Gasteiger partial charge in [0.05, 0.1) is 6.61 Å². The molecule has 1 aliphatic rings. The fourth-order valence-corrected chi connectivity index (χ4v) is 4.27. The van der Waals surface area contributed by atoms with Crippen molar-refractivity contribution in [3.63, 3.8) is 0 Å². The van der Waals surface area contributed by atoms with Crippen LogP contribution in [0.25, 0.3) is 11.1 Å². The van der Waals surface area contributed by atoms with Gasteiger partial charge in [-0.15, -0.1) is 0 Å². The Morgan fingerprint density at radius 2 is 1.56 bits per heavy atom. The minimum absolute atomic E-state index is 0.151. The lowest BCUT2D eigenvalue weighted by Crippen LogP contribution is -2.30. The number of ether oxygens (including phenoxy) is 2. The predicted molar refractivity (Wildman–Crippen MR) is 128 cm³/mol. The second-order valence-electron chi connectivity index (χ2n) is 8.97. The Balaban J connectivity index is 1.39. The third-order valence-electron chi connectivity index (χ3n) is 6.31. The van der Waals surface area contributed by atoms with Crippen LogP contribution in [0.5, 0.6) is 5.75 Å². The summed E-state index contributed by atoms with van der Waals surface area (Å²) in [7, 11) is 0. The van der Waals surface area contributed by atoms with Crippen LogP contribution in [-0.4, -0.2) is 24.9 Å². The summed E-state index contributed by atoms with van der Waals surface area (Å²) in [4.78, 5) is 11.9. The van der Waals surface area contributed by atoms with Gasteiger partial charge in [0.25, 0.3) is 0 Å². The van der Waals surface area contributed by atoms with Crippen LogP contribution in [0.4, 0.5) is 4.39 Å². The van der Waals surface area contributed by atoms with Crippen molar-refractivity contribution >= 4 is 5.97 Å². The van der Waals surface area contributed by atoms with Crippen molar-refractivity contribution in [2.45, 2.75) is 83.9 Å². The molecule has 32 heavy (non-hydrogen) atoms. The van der Waals surface area contributed by atoms with Crippen LogP contribution in [0.15, 0.2) is 48.5 Å². The molecule has 1 saturated carbocycles. The molecule has 0 radical (unpaired) electrons. The Kier molecular flexibility index (Phi) is 9.58. The van der Waals surface area contributed by atoms with Gasteiger partial charge in [-0.05, 0) is 73.3 Å². The summed E-state index contributed by atoms with van der Waals surface area (Å²) in [6.07, 6.45) is 5.96. The van der Waals surface area contributed by atoms with Crippen LogP contribution < -0.4 is 4.74 Å². The minimum atomic E-state index is -1.48. The fourth-order valence-electron chi connectivity index (χ4n) is 4.27. The van der Waals surface area contributed by atoms with E-state index in [1.807, 2.05) is 19.1 Å². The fraction of sp³-hybridized carbons (Fsp3) is 0.536. The molecule has 0 N–H and O–H groups in total. The average molecular weight is 441 g/mol. The van der Waals surface area contributed by atoms with Gasteiger partial charge < -0.3 is 9.47 Å². The largest absolute Gasteiger partial charge is 0.493 e. The maximum Gasteiger partial charge on any atom is 0.340 e. The highest BCUT2D eigenvalue weighted by molar-refractivity contribution is 5.74. The number of unbranched alkanes of at least 4 members (excludes halogenated alkanes) is 1. The van der Waals surface area contributed by atoms with E-state index < -0.39 is 12.1 Å². The second kappa shape index (κ2) is 12.6. The SMILES string of the molecule is CCCC[C@H](F)C(=O)O[C@H]1CC[C@H](COc2ccc(-c3ccc(CCC)cc3)cc2)CC1. The van der Waals surface area contributed by atoms with Crippen LogP contribution in [0.3, 0.4) is 0 Å². The van der Waals surface area contributed by atoms with Crippen molar-refractivity contribution in [1.82, 2.24) is 0 Å². The standard InChI is InChI=1S/C28H37FO3/c1-3-5-7-27(29)28(30)32-26-16-10-22(11-17-26)20-31-25-18-14-24(15-19-25)23-12-8-21(6-4-2)9-13-23/h8-9,12-15,18-19,22,26-27H,3-7,10-11,16-17,20H2,1-2H3/t22-,26-,27-/m0/s1. The average Bonchev–Trinajstić information content (AvgIpc) is 2.83. The van der Waals surface area contributed by atoms with Crippen molar-refractivity contribution < 1.29 is 18.7 Å². The molecule has 0 heterocycles. The molecule has 1 fully saturated rings. The lowest BCUT2D eigenvalue weighted by Gasteiger charge is -2.28. The number of hydrogen-bond acceptors (Lipinski definition) is 3. The Morgan fingerprint density at radius 1 is 0.938 bits per heavy atom. The van der Waals surface area contributed by atoms with E-state index in [1.54, 1.807) is 0 Å². The Hall–Kier alpha value is -2.36. The summed E-state index contributed by atoms with van der Waals surface area (Å²) in [6.45, 7) is 4.85. The first-order valence-corrected chi connectivity index (χ1v) is 12.3. The summed E-state index contributed by atoms with van der Waals surface area (Å²) in [5, 5.41) is 0. The molecule has 0 aromatic heterocycles. The van der Waals surface area contributed by atoms with Crippen LogP contribution in [0.1, 0.15) is 70.8 Å². The Morgan fingerprint density at radius 3 is 2.16 bits per heavy atom. The van der Waals surface area contributed by atoms with Crippen molar-refractivity contribution in [2.75, 3.05) is 6.61 Å². The van der Waals surface area contributed by atoms with E-state index in [1.165, 1.54) is 16.7 Å². The van der Waals surface area contributed by atoms with Gasteiger partial charge in [-0.3, -0.25) is 0 Å². The number of alkyl halides is 1. The summed E-state index contributed by atoms with van der Waals surface area (Å²) in [6, 6.07) is 17.0. The first-order chi connectivity index (χ1) is 15.6. The van der Waals surface area contributed by atoms with E-state index >= 15 is 0 Å². The van der Waals surface area contributed by atoms with Gasteiger partial charge in [-0.1, -0.05) is 69.5 Å². The van der Waals surface area contributed by atoms with E-state index in [-0.39, 0.29) is 12.5 Å². The predicted octanol–water partition coefficient (Wildman–Crippen LogP) is 7.32. The third-order valence-corrected chi connectivity index (χ3v) is 6.31. The van der Waals surface area contributed by atoms with Gasteiger partial charge in [-0.25, -0.2) is 9.18 Å². The smallest absolute Gasteiger partial charge is 0.340 e. The van der Waals surface area contributed by atoms with Gasteiger partial charge in [0, 0.05) is 0 Å². The zero-order chi connectivity index (χ0) is 22.8. The number of aryl methyl sites for hydroxylation is 1. The highest BCUT2D eigenvalue weighted by Gasteiger charge is 2.27.